The van der Waals surface area contributed by atoms with E-state index in [1.54, 1.807) is 0 Å². The van der Waals surface area contributed by atoms with Crippen LogP contribution in [0, 0.1) is 0 Å². The highest BCUT2D eigenvalue weighted by molar-refractivity contribution is 5.98. The summed E-state index contributed by atoms with van der Waals surface area (Å²) in [5, 5.41) is 39.5. The van der Waals surface area contributed by atoms with Crippen LogP contribution in [0.2, 0.25) is 0 Å². The number of aliphatic carboxylic acids is 2. The fraction of sp³-hybridized carbons (Fsp3) is 0.692. The normalized spacial score (nSPS) is 13.7. The number of hydrogen-bond acceptors (Lipinski definition) is 19. The predicted molar refractivity (Wildman–Crippen MR) is 342 cm³/mol. The van der Waals surface area contributed by atoms with Crippen molar-refractivity contribution in [3.8, 4) is 0 Å². The number of nitrogens with two attached hydrogens (primary N) is 14. The molecule has 92 heavy (non-hydrogen) atoms. The molecule has 0 aliphatic heterocycles. The van der Waals surface area contributed by atoms with Gasteiger partial charge in [-0.3, -0.25) is 72.9 Å². The summed E-state index contributed by atoms with van der Waals surface area (Å²) in [4.78, 5) is 169. The summed E-state index contributed by atoms with van der Waals surface area (Å²) in [6.45, 7) is 0.433. The van der Waals surface area contributed by atoms with Gasteiger partial charge in [0, 0.05) is 45.6 Å². The number of carboxylic acid groups (broad SMARTS) is 2. The van der Waals surface area contributed by atoms with Crippen LogP contribution >= 0.6 is 0 Å². The van der Waals surface area contributed by atoms with Gasteiger partial charge in [-0.1, -0.05) is 0 Å². The van der Waals surface area contributed by atoms with Gasteiger partial charge in [0.15, 0.2) is 29.8 Å². The highest BCUT2D eigenvalue weighted by Gasteiger charge is 2.35. The molecule has 0 aliphatic rings. The molecule has 9 amide bonds. The van der Waals surface area contributed by atoms with Crippen molar-refractivity contribution in [2.24, 2.45) is 105 Å². The molecule has 0 unspecified atom stereocenters. The molecule has 0 aromatic rings. The zero-order chi connectivity index (χ0) is 69.7. The van der Waals surface area contributed by atoms with Crippen molar-refractivity contribution in [3.63, 3.8) is 0 Å². The van der Waals surface area contributed by atoms with Gasteiger partial charge in [-0.05, 0) is 129 Å². The molecule has 0 radical (unpaired) electrons. The Hall–Kier alpha value is -9.60. The average Bonchev–Trinajstić information content (AvgIpc) is 1.04. The zero-order valence-electron chi connectivity index (χ0n) is 52.0. The van der Waals surface area contributed by atoms with Gasteiger partial charge in [-0.2, -0.15) is 0 Å². The Bertz CT molecular complexity index is 2520. The molecule has 0 aromatic carbocycles. The van der Waals surface area contributed by atoms with Crippen LogP contribution in [0.5, 0.6) is 0 Å². The van der Waals surface area contributed by atoms with Crippen LogP contribution in [-0.4, -0.2) is 205 Å². The predicted octanol–water partition coefficient (Wildman–Crippen LogP) is -10.1. The average molecular weight is 1310 g/mol. The molecule has 522 valence electrons. The maximum Gasteiger partial charge on any atom is 0.326 e. The molecular formula is C52H101N27O13. The highest BCUT2D eigenvalue weighted by Crippen LogP contribution is 2.12. The standard InChI is InChI=1S/C52H101N27O13/c53-21-3-1-11-29(72-39(83)28(55)10-5-23-67-48(57)58)40(84)73-30(12-2-4-22-54)41(85)74-31(13-6-24-68-49(59)60)42(86)75-32(14-7-25-69-50(61)62)43(87)77-34(17-19-37(56)80)45(89)76-33(15-8-26-70-51(63)64)44(88)78-35(18-20-38(81)82)46(90)79-36(47(91)92)16-9-27-71-52(65)66/h28-36H,1-27,53-55H2,(H2,56,80)(H,72,83)(H,73,84)(H,74,85)(H,75,86)(H,76,89)(H,77,87)(H,78,88)(H,79,90)(H,81,82)(H,91,92)(H4,57,58,67)(H4,59,60,68)(H4,61,62,69)(H4,63,64,70)(H4,65,66,71)/t28-,29+,30+,31+,32-,33+,34+,35+,36-/m1/s1. The van der Waals surface area contributed by atoms with E-state index in [9.17, 15) is 63.0 Å². The van der Waals surface area contributed by atoms with E-state index in [1.807, 2.05) is 0 Å². The molecule has 0 bridgehead atoms. The minimum absolute atomic E-state index is 0.00310. The fourth-order valence-electron chi connectivity index (χ4n) is 8.53. The van der Waals surface area contributed by atoms with Crippen molar-refractivity contribution in [2.75, 3.05) is 45.8 Å². The lowest BCUT2D eigenvalue weighted by atomic mass is 10.0. The molecule has 40 nitrogen and oxygen atoms in total. The van der Waals surface area contributed by atoms with Gasteiger partial charge in [0.1, 0.15) is 48.3 Å². The third-order valence-electron chi connectivity index (χ3n) is 13.4. The Morgan fingerprint density at radius 3 is 0.772 bits per heavy atom. The number of amides is 9. The van der Waals surface area contributed by atoms with Crippen LogP contribution in [0.1, 0.15) is 128 Å². The number of unbranched alkanes of at least 4 members (excludes halogenated alkanes) is 2. The molecule has 40 heteroatoms. The summed E-state index contributed by atoms with van der Waals surface area (Å²) in [5.74, 6) is -12.8. The smallest absolute Gasteiger partial charge is 0.326 e. The van der Waals surface area contributed by atoms with Crippen LogP contribution in [0.15, 0.2) is 25.0 Å². The number of nitrogens with zero attached hydrogens (tertiary/aromatic N) is 5. The lowest BCUT2D eigenvalue weighted by Gasteiger charge is -2.28. The number of rotatable bonds is 51. The van der Waals surface area contributed by atoms with Gasteiger partial charge in [0.05, 0.1) is 6.04 Å². The van der Waals surface area contributed by atoms with Gasteiger partial charge < -0.3 is 133 Å². The van der Waals surface area contributed by atoms with Gasteiger partial charge >= 0.3 is 11.9 Å². The van der Waals surface area contributed by atoms with E-state index in [1.165, 1.54) is 0 Å². The van der Waals surface area contributed by atoms with Crippen molar-refractivity contribution < 1.29 is 63.0 Å². The molecule has 38 N–H and O–H groups in total. The largest absolute Gasteiger partial charge is 0.481 e. The van der Waals surface area contributed by atoms with Crippen molar-refractivity contribution in [1.82, 2.24) is 42.5 Å². The summed E-state index contributed by atoms with van der Waals surface area (Å²) in [6, 6.07) is -13.3. The Labute approximate surface area is 532 Å². The third kappa shape index (κ3) is 39.4. The summed E-state index contributed by atoms with van der Waals surface area (Å²) < 4.78 is 0. The first-order valence-electron chi connectivity index (χ1n) is 30.0. The van der Waals surface area contributed by atoms with Gasteiger partial charge in [0.25, 0.3) is 0 Å². The minimum atomic E-state index is -1.73. The summed E-state index contributed by atoms with van der Waals surface area (Å²) in [6.07, 6.45) is -0.996. The first-order valence-corrected chi connectivity index (χ1v) is 30.0. The molecule has 0 aliphatic carbocycles. The first kappa shape index (κ1) is 82.4. The molecule has 0 saturated heterocycles. The number of primary amides is 1. The van der Waals surface area contributed by atoms with Crippen LogP contribution < -0.4 is 123 Å². The van der Waals surface area contributed by atoms with Crippen LogP contribution in [-0.2, 0) is 52.7 Å². The topological polar surface area (TPSA) is 751 Å². The van der Waals surface area contributed by atoms with E-state index in [2.05, 4.69) is 67.5 Å². The maximum atomic E-state index is 14.6. The number of carbonyl (C=O) groups excluding carboxylic acids is 9. The number of carbonyl (C=O) groups is 11. The Morgan fingerprint density at radius 2 is 0.522 bits per heavy atom. The molecular weight excluding hydrogens is 1210 g/mol. The lowest BCUT2D eigenvalue weighted by molar-refractivity contribution is -0.143. The Morgan fingerprint density at radius 1 is 0.293 bits per heavy atom. The first-order chi connectivity index (χ1) is 43.4. The van der Waals surface area contributed by atoms with E-state index in [0.29, 0.717) is 32.1 Å². The van der Waals surface area contributed by atoms with Gasteiger partial charge in [-0.25, -0.2) is 4.79 Å². The minimum Gasteiger partial charge on any atom is -0.481 e. The third-order valence-corrected chi connectivity index (χ3v) is 13.4. The van der Waals surface area contributed by atoms with E-state index < -0.39 is 145 Å². The molecule has 0 aromatic heterocycles. The quantitative estimate of drug-likeness (QED) is 0.0153. The van der Waals surface area contributed by atoms with Crippen molar-refractivity contribution in [1.29, 1.82) is 0 Å². The van der Waals surface area contributed by atoms with E-state index in [-0.39, 0.29) is 146 Å². The zero-order valence-corrected chi connectivity index (χ0v) is 52.0. The summed E-state index contributed by atoms with van der Waals surface area (Å²) in [5.41, 5.74) is 77.8. The van der Waals surface area contributed by atoms with E-state index >= 15 is 0 Å². The Kier molecular flexibility index (Phi) is 42.4. The molecule has 9 atom stereocenters. The molecule has 0 spiro atoms. The molecule has 0 rings (SSSR count). The second-order valence-corrected chi connectivity index (χ2v) is 21.2. The van der Waals surface area contributed by atoms with E-state index in [0.717, 1.165) is 0 Å². The monoisotopic (exact) mass is 1310 g/mol. The maximum absolute atomic E-state index is 14.6. The van der Waals surface area contributed by atoms with Crippen LogP contribution in [0.4, 0.5) is 0 Å². The second kappa shape index (κ2) is 47.4. The van der Waals surface area contributed by atoms with Crippen LogP contribution in [0.3, 0.4) is 0 Å². The highest BCUT2D eigenvalue weighted by atomic mass is 16.4. The second-order valence-electron chi connectivity index (χ2n) is 21.2. The van der Waals surface area contributed by atoms with Crippen molar-refractivity contribution in [2.45, 2.75) is 183 Å². The summed E-state index contributed by atoms with van der Waals surface area (Å²) >= 11 is 0. The Balaban J connectivity index is 7.40. The lowest BCUT2D eigenvalue weighted by Crippen LogP contribution is -2.60. The number of carboxylic acids is 2. The van der Waals surface area contributed by atoms with Crippen molar-refractivity contribution >= 4 is 94.9 Å². The number of hydrogen-bond donors (Lipinski definition) is 24. The van der Waals surface area contributed by atoms with Gasteiger partial charge in [-0.15, -0.1) is 0 Å². The summed E-state index contributed by atoms with van der Waals surface area (Å²) in [7, 11) is 0. The molecule has 0 saturated carbocycles. The number of guanidine groups is 5. The molecule has 0 fully saturated rings. The SMILES string of the molecule is NCCCC[C@H](NC(=O)[C@H](N)CCCN=C(N)N)C(=O)N[C@@H](CCCCN)C(=O)N[C@@H](CCCN=C(N)N)C(=O)N[C@H](CCCN=C(N)N)C(=O)N[C@@H](CCC(N)=O)C(=O)N[C@@H](CCCN=C(N)N)C(=O)N[C@@H](CCC(=O)O)C(=O)N[C@H](CCCN=C(N)N)C(=O)O. The molecule has 0 heterocycles. The van der Waals surface area contributed by atoms with Gasteiger partial charge in [0.2, 0.25) is 53.2 Å². The number of aliphatic imine (C=N–C) groups is 5. The van der Waals surface area contributed by atoms with Crippen molar-refractivity contribution in [3.05, 3.63) is 0 Å². The van der Waals surface area contributed by atoms with E-state index in [4.69, 9.17) is 80.3 Å². The number of nitrogens with one attached hydrogen (secondary N) is 8. The fourth-order valence-corrected chi connectivity index (χ4v) is 8.53. The van der Waals surface area contributed by atoms with Crippen LogP contribution in [0.25, 0.3) is 0 Å².